The molecule has 2 N–H and O–H groups in total. The van der Waals surface area contributed by atoms with Crippen molar-refractivity contribution in [3.8, 4) is 11.4 Å². The van der Waals surface area contributed by atoms with Crippen molar-refractivity contribution in [2.24, 2.45) is 0 Å². The summed E-state index contributed by atoms with van der Waals surface area (Å²) in [7, 11) is -3.88. The molecule has 1 aromatic heterocycles. The lowest BCUT2D eigenvalue weighted by Crippen LogP contribution is -2.44. The van der Waals surface area contributed by atoms with E-state index in [0.717, 1.165) is 6.07 Å². The maximum atomic E-state index is 13.9. The van der Waals surface area contributed by atoms with E-state index in [0.29, 0.717) is 66.8 Å². The molecule has 1 saturated carbocycles. The van der Waals surface area contributed by atoms with Crippen LogP contribution < -0.4 is 10.2 Å². The molecule has 1 atom stereocenters. The third-order valence-electron chi connectivity index (χ3n) is 6.88. The van der Waals surface area contributed by atoms with Gasteiger partial charge in [-0.3, -0.25) is 5.32 Å². The molecule has 1 saturated heterocycles. The second-order valence-corrected chi connectivity index (χ2v) is 11.7. The summed E-state index contributed by atoms with van der Waals surface area (Å²) in [4.78, 5) is 22.6. The first kappa shape index (κ1) is 25.1. The normalized spacial score (nSPS) is 18.9. The Morgan fingerprint density at radius 2 is 1.89 bits per heavy atom. The van der Waals surface area contributed by atoms with E-state index < -0.39 is 26.5 Å². The van der Waals surface area contributed by atoms with E-state index in [-0.39, 0.29) is 10.9 Å². The number of hydrogen-bond acceptors (Lipinski definition) is 7. The highest BCUT2D eigenvalue weighted by Gasteiger charge is 2.58. The van der Waals surface area contributed by atoms with Gasteiger partial charge in [0.1, 0.15) is 16.4 Å². The van der Waals surface area contributed by atoms with E-state index in [9.17, 15) is 17.6 Å². The van der Waals surface area contributed by atoms with Crippen molar-refractivity contribution in [2.45, 2.75) is 42.4 Å². The number of amides is 1. The van der Waals surface area contributed by atoms with Crippen LogP contribution in [0.5, 0.6) is 0 Å². The van der Waals surface area contributed by atoms with Crippen LogP contribution in [0.3, 0.4) is 0 Å². The number of sulfone groups is 1. The smallest absolute Gasteiger partial charge is 0.409 e. The third kappa shape index (κ3) is 4.64. The fourth-order valence-corrected chi connectivity index (χ4v) is 6.91. The highest BCUT2D eigenvalue weighted by molar-refractivity contribution is 7.92. The Balaban J connectivity index is 1.62. The summed E-state index contributed by atoms with van der Waals surface area (Å²) >= 11 is 0. The molecule has 0 spiro atoms. The van der Waals surface area contributed by atoms with Gasteiger partial charge in [-0.15, -0.1) is 0 Å². The number of rotatable bonds is 6. The zero-order chi connectivity index (χ0) is 26.4. The number of hydrogen-bond donors (Lipinski definition) is 2. The summed E-state index contributed by atoms with van der Waals surface area (Å²) < 4.78 is 45.9. The Bertz CT molecular complexity index is 1460. The number of ether oxygens (including phenoxy) is 1. The maximum Gasteiger partial charge on any atom is 0.409 e. The summed E-state index contributed by atoms with van der Waals surface area (Å²) in [5, 5.41) is 11.3. The number of aromatic nitrogens is 2. The van der Waals surface area contributed by atoms with E-state index in [2.05, 4.69) is 10.2 Å². The number of aryl methyl sites for hydroxylation is 1. The molecule has 0 bridgehead atoms. The van der Waals surface area contributed by atoms with Crippen molar-refractivity contribution >= 4 is 27.4 Å². The van der Waals surface area contributed by atoms with Gasteiger partial charge in [0.25, 0.3) is 0 Å². The molecule has 0 unspecified atom stereocenters. The van der Waals surface area contributed by atoms with Gasteiger partial charge in [0.15, 0.2) is 15.7 Å². The number of morpholine rings is 1. The first-order valence-corrected chi connectivity index (χ1v) is 13.4. The predicted molar refractivity (Wildman–Crippen MR) is 136 cm³/mol. The molecule has 2 aliphatic rings. The molecule has 2 fully saturated rings. The van der Waals surface area contributed by atoms with Crippen LogP contribution >= 0.6 is 0 Å². The minimum atomic E-state index is -3.88. The molecule has 11 heteroatoms. The fourth-order valence-electron chi connectivity index (χ4n) is 4.74. The first-order chi connectivity index (χ1) is 17.6. The highest BCUT2D eigenvalue weighted by atomic mass is 32.2. The van der Waals surface area contributed by atoms with E-state index in [4.69, 9.17) is 19.8 Å². The number of nitrogens with one attached hydrogen (secondary N) is 1. The lowest BCUT2D eigenvalue weighted by molar-refractivity contribution is 0.0985. The molecule has 1 aliphatic carbocycles. The Morgan fingerprint density at radius 1 is 1.16 bits per heavy atom. The van der Waals surface area contributed by atoms with Crippen LogP contribution in [-0.4, -0.2) is 55.4 Å². The maximum absolute atomic E-state index is 13.9. The van der Waals surface area contributed by atoms with Crippen molar-refractivity contribution in [3.63, 3.8) is 0 Å². The minimum Gasteiger partial charge on any atom is -0.465 e. The van der Waals surface area contributed by atoms with Gasteiger partial charge in [-0.1, -0.05) is 0 Å². The van der Waals surface area contributed by atoms with Gasteiger partial charge in [0.2, 0.25) is 0 Å². The zero-order valence-corrected chi connectivity index (χ0v) is 21.3. The number of halogens is 1. The monoisotopic (exact) mass is 526 g/mol. The standard InChI is InChI=1S/C26H27FN4O5S/c1-16-13-19(27)5-8-21(16)37(34,35)26(9-10-26)22-14-23(31-11-12-36-15-17(31)2)30-24(29-22)18-3-6-20(7-4-18)28-25(32)33/h3-8,13-14,17,28H,9-12,15H2,1-2H3,(H,32,33)/t17-/m0/s1. The lowest BCUT2D eigenvalue weighted by atomic mass is 10.1. The summed E-state index contributed by atoms with van der Waals surface area (Å²) in [6, 6.07) is 12.1. The molecular weight excluding hydrogens is 499 g/mol. The third-order valence-corrected chi connectivity index (χ3v) is 9.56. The summed E-state index contributed by atoms with van der Waals surface area (Å²) in [6.07, 6.45) is -0.392. The molecule has 9 nitrogen and oxygen atoms in total. The number of carboxylic acid groups (broad SMARTS) is 1. The average Bonchev–Trinajstić information content (AvgIpc) is 3.67. The van der Waals surface area contributed by atoms with Gasteiger partial charge in [0, 0.05) is 23.9 Å². The van der Waals surface area contributed by atoms with E-state index in [1.54, 1.807) is 37.3 Å². The van der Waals surface area contributed by atoms with Crippen molar-refractivity contribution in [1.29, 1.82) is 0 Å². The zero-order valence-electron chi connectivity index (χ0n) is 20.4. The molecular formula is C26H27FN4O5S. The minimum absolute atomic E-state index is 0.0256. The Hall–Kier alpha value is -3.57. The molecule has 2 aromatic carbocycles. The average molecular weight is 527 g/mol. The van der Waals surface area contributed by atoms with Crippen LogP contribution in [-0.2, 0) is 19.3 Å². The molecule has 194 valence electrons. The molecule has 2 heterocycles. The first-order valence-electron chi connectivity index (χ1n) is 12.0. The van der Waals surface area contributed by atoms with Crippen LogP contribution in [0.25, 0.3) is 11.4 Å². The van der Waals surface area contributed by atoms with Gasteiger partial charge in [-0.2, -0.15) is 0 Å². The Kier molecular flexibility index (Phi) is 6.36. The van der Waals surface area contributed by atoms with E-state index in [1.807, 2.05) is 6.92 Å². The molecule has 37 heavy (non-hydrogen) atoms. The predicted octanol–water partition coefficient (Wildman–Crippen LogP) is 4.37. The van der Waals surface area contributed by atoms with Crippen LogP contribution in [0.4, 0.5) is 20.7 Å². The highest BCUT2D eigenvalue weighted by Crippen LogP contribution is 2.55. The molecule has 0 radical (unpaired) electrons. The molecule has 1 aliphatic heterocycles. The topological polar surface area (TPSA) is 122 Å². The van der Waals surface area contributed by atoms with Gasteiger partial charge in [-0.05, 0) is 74.7 Å². The lowest BCUT2D eigenvalue weighted by Gasteiger charge is -2.34. The fraction of sp³-hybridized carbons (Fsp3) is 0.346. The quantitative estimate of drug-likeness (QED) is 0.454. The van der Waals surface area contributed by atoms with Crippen LogP contribution in [0.1, 0.15) is 31.0 Å². The van der Waals surface area contributed by atoms with Crippen molar-refractivity contribution in [1.82, 2.24) is 9.97 Å². The SMILES string of the molecule is Cc1cc(F)ccc1S(=O)(=O)C1(c2cc(N3CCOC[C@@H]3C)nc(-c3ccc(NC(=O)O)cc3)n2)CC1. The second-order valence-electron chi connectivity index (χ2n) is 9.47. The largest absolute Gasteiger partial charge is 0.465 e. The summed E-state index contributed by atoms with van der Waals surface area (Å²) in [5.74, 6) is 0.446. The van der Waals surface area contributed by atoms with Gasteiger partial charge in [-0.25, -0.2) is 27.6 Å². The summed E-state index contributed by atoms with van der Waals surface area (Å²) in [6.45, 7) is 5.23. The van der Waals surface area contributed by atoms with E-state index in [1.165, 1.54) is 12.1 Å². The summed E-state index contributed by atoms with van der Waals surface area (Å²) in [5.41, 5.74) is 1.75. The van der Waals surface area contributed by atoms with Crippen LogP contribution in [0, 0.1) is 12.7 Å². The van der Waals surface area contributed by atoms with Crippen LogP contribution in [0.15, 0.2) is 53.4 Å². The number of nitrogens with zero attached hydrogens (tertiary/aromatic N) is 3. The van der Waals surface area contributed by atoms with Crippen molar-refractivity contribution < 1.29 is 27.4 Å². The van der Waals surface area contributed by atoms with Crippen LogP contribution in [0.2, 0.25) is 0 Å². The molecule has 1 amide bonds. The van der Waals surface area contributed by atoms with Gasteiger partial charge >= 0.3 is 6.09 Å². The second kappa shape index (κ2) is 9.38. The number of carbonyl (C=O) groups is 1. The number of anilines is 2. The van der Waals surface area contributed by atoms with Gasteiger partial charge in [0.05, 0.1) is 29.8 Å². The van der Waals surface area contributed by atoms with Crippen molar-refractivity contribution in [2.75, 3.05) is 30.0 Å². The van der Waals surface area contributed by atoms with Gasteiger partial charge < -0.3 is 14.7 Å². The molecule has 3 aromatic rings. The Morgan fingerprint density at radius 3 is 2.51 bits per heavy atom. The Labute approximate surface area is 214 Å². The number of benzene rings is 2. The molecule has 5 rings (SSSR count). The van der Waals surface area contributed by atoms with E-state index >= 15 is 0 Å². The van der Waals surface area contributed by atoms with Crippen molar-refractivity contribution in [3.05, 3.63) is 65.6 Å².